The Morgan fingerprint density at radius 2 is 1.81 bits per heavy atom. The molecule has 0 radical (unpaired) electrons. The quantitative estimate of drug-likeness (QED) is 0.715. The number of benzene rings is 1. The Morgan fingerprint density at radius 1 is 1.13 bits per heavy atom. The normalized spacial score (nSPS) is 16.1. The predicted octanol–water partition coefficient (Wildman–Crippen LogP) is 3.53. The van der Waals surface area contributed by atoms with Gasteiger partial charge in [0.05, 0.1) is 32.6 Å². The number of nitrogens with one attached hydrogen (secondary N) is 2. The van der Waals surface area contributed by atoms with Crippen molar-refractivity contribution in [2.24, 2.45) is 0 Å². The fourth-order valence-electron chi connectivity index (χ4n) is 3.33. The minimum Gasteiger partial charge on any atom is -0.493 e. The molecular weight excluding hydrogens is 417 g/mol. The molecule has 0 bridgehead atoms. The van der Waals surface area contributed by atoms with E-state index in [4.69, 9.17) is 14.2 Å². The molecule has 1 aliphatic heterocycles. The minimum atomic E-state index is -4.43. The Hall–Kier alpha value is -3.37. The molecule has 1 aromatic heterocycles. The first-order chi connectivity index (χ1) is 14.7. The SMILES string of the molecule is COc1cc(NC(=O)NC2CCN(c3ccc(C(F)(F)F)cn3)C2)cc(OC)c1OC. The molecule has 1 fully saturated rings. The van der Waals surface area contributed by atoms with Gasteiger partial charge < -0.3 is 29.7 Å². The van der Waals surface area contributed by atoms with Crippen molar-refractivity contribution in [2.75, 3.05) is 44.6 Å². The Bertz CT molecular complexity index is 897. The van der Waals surface area contributed by atoms with Gasteiger partial charge in [-0.15, -0.1) is 0 Å². The summed E-state index contributed by atoms with van der Waals surface area (Å²) in [5, 5.41) is 5.58. The molecule has 2 N–H and O–H groups in total. The fraction of sp³-hybridized carbons (Fsp3) is 0.400. The van der Waals surface area contributed by atoms with Crippen molar-refractivity contribution in [3.8, 4) is 17.2 Å². The first kappa shape index (κ1) is 22.3. The summed E-state index contributed by atoms with van der Waals surface area (Å²) in [6.07, 6.45) is -2.98. The lowest BCUT2D eigenvalue weighted by molar-refractivity contribution is -0.137. The molecule has 11 heteroatoms. The number of anilines is 2. The summed E-state index contributed by atoms with van der Waals surface area (Å²) in [5.74, 6) is 1.64. The van der Waals surface area contributed by atoms with Gasteiger partial charge in [-0.3, -0.25) is 0 Å². The van der Waals surface area contributed by atoms with Gasteiger partial charge in [-0.2, -0.15) is 13.2 Å². The molecule has 2 amide bonds. The summed E-state index contributed by atoms with van der Waals surface area (Å²) in [7, 11) is 4.44. The van der Waals surface area contributed by atoms with Gasteiger partial charge in [-0.25, -0.2) is 9.78 Å². The highest BCUT2D eigenvalue weighted by Gasteiger charge is 2.31. The molecule has 0 spiro atoms. The van der Waals surface area contributed by atoms with Crippen molar-refractivity contribution in [3.63, 3.8) is 0 Å². The van der Waals surface area contributed by atoms with Crippen molar-refractivity contribution in [3.05, 3.63) is 36.0 Å². The molecule has 2 aromatic rings. The highest BCUT2D eigenvalue weighted by atomic mass is 19.4. The van der Waals surface area contributed by atoms with Crippen molar-refractivity contribution in [2.45, 2.75) is 18.6 Å². The highest BCUT2D eigenvalue weighted by Crippen LogP contribution is 2.40. The van der Waals surface area contributed by atoms with Crippen LogP contribution >= 0.6 is 0 Å². The number of nitrogens with zero attached hydrogens (tertiary/aromatic N) is 2. The van der Waals surface area contributed by atoms with Crippen molar-refractivity contribution in [1.82, 2.24) is 10.3 Å². The van der Waals surface area contributed by atoms with Gasteiger partial charge in [-0.1, -0.05) is 0 Å². The number of halogens is 3. The van der Waals surface area contributed by atoms with Crippen LogP contribution in [0.4, 0.5) is 29.5 Å². The van der Waals surface area contributed by atoms with Gasteiger partial charge in [0.2, 0.25) is 5.75 Å². The average Bonchev–Trinajstić information content (AvgIpc) is 3.20. The second kappa shape index (κ2) is 9.19. The number of carbonyl (C=O) groups is 1. The predicted molar refractivity (Wildman–Crippen MR) is 108 cm³/mol. The van der Waals surface area contributed by atoms with Gasteiger partial charge in [0.15, 0.2) is 11.5 Å². The van der Waals surface area contributed by atoms with Crippen LogP contribution < -0.4 is 29.7 Å². The number of amides is 2. The van der Waals surface area contributed by atoms with E-state index in [1.807, 2.05) is 4.90 Å². The molecule has 168 valence electrons. The molecule has 1 saturated heterocycles. The second-order valence-corrected chi connectivity index (χ2v) is 6.85. The number of hydrogen-bond acceptors (Lipinski definition) is 6. The van der Waals surface area contributed by atoms with Crippen LogP contribution in [0.15, 0.2) is 30.5 Å². The number of urea groups is 1. The Morgan fingerprint density at radius 3 is 2.32 bits per heavy atom. The minimum absolute atomic E-state index is 0.189. The molecule has 8 nitrogen and oxygen atoms in total. The summed E-state index contributed by atoms with van der Waals surface area (Å²) in [6.45, 7) is 0.995. The van der Waals surface area contributed by atoms with E-state index >= 15 is 0 Å². The first-order valence-corrected chi connectivity index (χ1v) is 9.41. The maximum absolute atomic E-state index is 12.7. The zero-order chi connectivity index (χ0) is 22.6. The third-order valence-electron chi connectivity index (χ3n) is 4.85. The molecular formula is C20H23F3N4O4. The van der Waals surface area contributed by atoms with Crippen LogP contribution in [0.25, 0.3) is 0 Å². The van der Waals surface area contributed by atoms with Crippen LogP contribution in [0.5, 0.6) is 17.2 Å². The van der Waals surface area contributed by atoms with Crippen molar-refractivity contribution < 1.29 is 32.2 Å². The third-order valence-corrected chi connectivity index (χ3v) is 4.85. The topological polar surface area (TPSA) is 85.0 Å². The van der Waals surface area contributed by atoms with Gasteiger partial charge in [0.25, 0.3) is 0 Å². The van der Waals surface area contributed by atoms with Crippen LogP contribution in [0, 0.1) is 0 Å². The largest absolute Gasteiger partial charge is 0.493 e. The van der Waals surface area contributed by atoms with Crippen molar-refractivity contribution in [1.29, 1.82) is 0 Å². The number of carbonyl (C=O) groups excluding carboxylic acids is 1. The first-order valence-electron chi connectivity index (χ1n) is 9.41. The number of methoxy groups -OCH3 is 3. The molecule has 0 saturated carbocycles. The van der Waals surface area contributed by atoms with Gasteiger partial charge >= 0.3 is 12.2 Å². The zero-order valence-corrected chi connectivity index (χ0v) is 17.2. The number of pyridine rings is 1. The lowest BCUT2D eigenvalue weighted by Crippen LogP contribution is -2.39. The summed E-state index contributed by atoms with van der Waals surface area (Å²) >= 11 is 0. The van der Waals surface area contributed by atoms with Crippen LogP contribution in [-0.2, 0) is 6.18 Å². The Balaban J connectivity index is 1.60. The number of alkyl halides is 3. The smallest absolute Gasteiger partial charge is 0.417 e. The maximum Gasteiger partial charge on any atom is 0.417 e. The molecule has 0 aliphatic carbocycles. The van der Waals surface area contributed by atoms with Gasteiger partial charge in [-0.05, 0) is 18.6 Å². The van der Waals surface area contributed by atoms with Crippen molar-refractivity contribution >= 4 is 17.5 Å². The zero-order valence-electron chi connectivity index (χ0n) is 17.2. The Labute approximate surface area is 177 Å². The average molecular weight is 440 g/mol. The van der Waals surface area contributed by atoms with E-state index in [0.717, 1.165) is 12.3 Å². The van der Waals surface area contributed by atoms with E-state index in [0.29, 0.717) is 48.3 Å². The summed E-state index contributed by atoms with van der Waals surface area (Å²) in [4.78, 5) is 18.2. The third kappa shape index (κ3) is 5.22. The Kier molecular flexibility index (Phi) is 6.62. The number of rotatable bonds is 6. The maximum atomic E-state index is 12.7. The van der Waals surface area contributed by atoms with Gasteiger partial charge in [0, 0.05) is 37.5 Å². The van der Waals surface area contributed by atoms with E-state index in [-0.39, 0.29) is 6.04 Å². The highest BCUT2D eigenvalue weighted by molar-refractivity contribution is 5.90. The van der Waals surface area contributed by atoms with E-state index in [2.05, 4.69) is 15.6 Å². The van der Waals surface area contributed by atoms with Crippen LogP contribution in [-0.4, -0.2) is 51.5 Å². The van der Waals surface area contributed by atoms with Crippen LogP contribution in [0.1, 0.15) is 12.0 Å². The number of hydrogen-bond donors (Lipinski definition) is 2. The summed E-state index contributed by atoms with van der Waals surface area (Å²) < 4.78 is 53.9. The standard InChI is InChI=1S/C20H23F3N4O4/c1-29-15-8-14(9-16(30-2)18(15)31-3)26-19(28)25-13-6-7-27(11-13)17-5-4-12(10-24-17)20(21,22)23/h4-5,8-10,13H,6-7,11H2,1-3H3,(H2,25,26,28). The van der Waals surface area contributed by atoms with E-state index in [1.54, 1.807) is 12.1 Å². The number of ether oxygens (including phenoxy) is 3. The molecule has 1 unspecified atom stereocenters. The van der Waals surface area contributed by atoms with E-state index in [1.165, 1.54) is 27.4 Å². The molecule has 1 atom stereocenters. The molecule has 1 aliphatic rings. The molecule has 2 heterocycles. The molecule has 1 aromatic carbocycles. The summed E-state index contributed by atoms with van der Waals surface area (Å²) in [5.41, 5.74) is -0.346. The van der Waals surface area contributed by atoms with E-state index in [9.17, 15) is 18.0 Å². The number of aromatic nitrogens is 1. The molecule has 31 heavy (non-hydrogen) atoms. The monoisotopic (exact) mass is 440 g/mol. The lowest BCUT2D eigenvalue weighted by Gasteiger charge is -2.19. The van der Waals surface area contributed by atoms with Crippen LogP contribution in [0.2, 0.25) is 0 Å². The van der Waals surface area contributed by atoms with Crippen LogP contribution in [0.3, 0.4) is 0 Å². The second-order valence-electron chi connectivity index (χ2n) is 6.85. The lowest BCUT2D eigenvalue weighted by atomic mass is 10.2. The summed E-state index contributed by atoms with van der Waals surface area (Å²) in [6, 6.07) is 4.93. The fourth-order valence-corrected chi connectivity index (χ4v) is 3.33. The van der Waals surface area contributed by atoms with Gasteiger partial charge in [0.1, 0.15) is 5.82 Å². The van der Waals surface area contributed by atoms with E-state index < -0.39 is 17.8 Å². The molecule has 3 rings (SSSR count).